The number of allylic oxidation sites excluding steroid dienone is 1. The molecule has 0 bridgehead atoms. The average molecular weight is 245 g/mol. The van der Waals surface area contributed by atoms with Crippen molar-refractivity contribution in [1.82, 2.24) is 0 Å². The lowest BCUT2D eigenvalue weighted by atomic mass is 9.84. The minimum absolute atomic E-state index is 0.242. The molecule has 1 aliphatic carbocycles. The predicted octanol–water partition coefficient (Wildman–Crippen LogP) is 3.70. The van der Waals surface area contributed by atoms with E-state index < -0.39 is 0 Å². The molecular formula is C15H19NS. The number of nitrogens with two attached hydrogens (primary N) is 1. The molecule has 2 heteroatoms. The monoisotopic (exact) mass is 245 g/mol. The van der Waals surface area contributed by atoms with E-state index in [1.165, 1.54) is 41.7 Å². The molecule has 2 aliphatic rings. The maximum Gasteiger partial charge on any atom is 0.0331 e. The smallest absolute Gasteiger partial charge is 0.0331 e. The number of hydrogen-bond donors (Lipinski definition) is 1. The predicted molar refractivity (Wildman–Crippen MR) is 74.4 cm³/mol. The van der Waals surface area contributed by atoms with E-state index in [-0.39, 0.29) is 6.04 Å². The normalized spacial score (nSPS) is 25.2. The summed E-state index contributed by atoms with van der Waals surface area (Å²) in [5.74, 6) is 1.68. The van der Waals surface area contributed by atoms with Gasteiger partial charge in [0.2, 0.25) is 0 Å². The molecule has 1 nitrogen and oxygen atoms in total. The fourth-order valence-electron chi connectivity index (χ4n) is 2.91. The van der Waals surface area contributed by atoms with Gasteiger partial charge in [-0.2, -0.15) is 0 Å². The third kappa shape index (κ3) is 2.16. The van der Waals surface area contributed by atoms with Gasteiger partial charge >= 0.3 is 0 Å². The number of hydrogen-bond acceptors (Lipinski definition) is 2. The molecule has 0 saturated heterocycles. The highest BCUT2D eigenvalue weighted by atomic mass is 32.2. The highest BCUT2D eigenvalue weighted by Gasteiger charge is 2.30. The quantitative estimate of drug-likeness (QED) is 0.804. The zero-order valence-corrected chi connectivity index (χ0v) is 10.9. The van der Waals surface area contributed by atoms with Crippen LogP contribution in [0.2, 0.25) is 0 Å². The van der Waals surface area contributed by atoms with Gasteiger partial charge in [-0.1, -0.05) is 29.8 Å². The Hall–Kier alpha value is -0.730. The van der Waals surface area contributed by atoms with E-state index in [4.69, 9.17) is 5.73 Å². The van der Waals surface area contributed by atoms with Crippen molar-refractivity contribution in [3.8, 4) is 0 Å². The van der Waals surface area contributed by atoms with E-state index in [1.54, 1.807) is 0 Å². The van der Waals surface area contributed by atoms with E-state index in [0.717, 1.165) is 5.75 Å². The maximum atomic E-state index is 6.49. The standard InChI is InChI=1S/C15H19NS/c16-15(11-6-2-1-3-7-11)13-10-17-14-9-5-4-8-12(13)14/h4-6,8-9,13,15H,1-3,7,10,16H2. The van der Waals surface area contributed by atoms with E-state index in [9.17, 15) is 0 Å². The van der Waals surface area contributed by atoms with Crippen molar-refractivity contribution in [3.63, 3.8) is 0 Å². The first kappa shape index (κ1) is 11.4. The molecule has 1 aliphatic heterocycles. The minimum Gasteiger partial charge on any atom is -0.324 e. The summed E-state index contributed by atoms with van der Waals surface area (Å²) < 4.78 is 0. The summed E-state index contributed by atoms with van der Waals surface area (Å²) in [4.78, 5) is 1.43. The van der Waals surface area contributed by atoms with Crippen LogP contribution in [0.3, 0.4) is 0 Å². The first-order chi connectivity index (χ1) is 8.36. The Labute approximate surface area is 107 Å². The molecule has 1 aromatic carbocycles. The van der Waals surface area contributed by atoms with Gasteiger partial charge in [-0.25, -0.2) is 0 Å². The van der Waals surface area contributed by atoms with E-state index in [2.05, 4.69) is 30.3 Å². The molecule has 0 amide bonds. The molecule has 2 N–H and O–H groups in total. The summed E-state index contributed by atoms with van der Waals surface area (Å²) >= 11 is 1.96. The Balaban J connectivity index is 1.84. The van der Waals surface area contributed by atoms with Gasteiger partial charge in [0, 0.05) is 22.6 Å². The van der Waals surface area contributed by atoms with Crippen LogP contribution < -0.4 is 5.73 Å². The van der Waals surface area contributed by atoms with Crippen molar-refractivity contribution < 1.29 is 0 Å². The number of fused-ring (bicyclic) bond motifs is 1. The molecule has 0 fully saturated rings. The zero-order valence-electron chi connectivity index (χ0n) is 10.1. The maximum absolute atomic E-state index is 6.49. The number of thioether (sulfide) groups is 1. The summed E-state index contributed by atoms with van der Waals surface area (Å²) in [7, 11) is 0. The fraction of sp³-hybridized carbons (Fsp3) is 0.467. The molecule has 2 unspecified atom stereocenters. The van der Waals surface area contributed by atoms with Crippen LogP contribution in [0.5, 0.6) is 0 Å². The Morgan fingerprint density at radius 1 is 1.24 bits per heavy atom. The SMILES string of the molecule is NC(C1=CCCCC1)C1CSc2ccccc21. The van der Waals surface area contributed by atoms with Gasteiger partial charge in [0.15, 0.2) is 0 Å². The lowest BCUT2D eigenvalue weighted by molar-refractivity contribution is 0.580. The van der Waals surface area contributed by atoms with Crippen molar-refractivity contribution >= 4 is 11.8 Å². The third-order valence-electron chi connectivity index (χ3n) is 3.92. The molecule has 0 aromatic heterocycles. The molecule has 1 heterocycles. The fourth-order valence-corrected chi connectivity index (χ4v) is 4.22. The van der Waals surface area contributed by atoms with Crippen LogP contribution in [0.4, 0.5) is 0 Å². The Morgan fingerprint density at radius 2 is 2.12 bits per heavy atom. The largest absolute Gasteiger partial charge is 0.324 e. The molecule has 1 aromatic rings. The lowest BCUT2D eigenvalue weighted by Crippen LogP contribution is -2.31. The highest BCUT2D eigenvalue weighted by molar-refractivity contribution is 7.99. The van der Waals surface area contributed by atoms with Gasteiger partial charge in [-0.3, -0.25) is 0 Å². The Morgan fingerprint density at radius 3 is 2.94 bits per heavy atom. The minimum atomic E-state index is 0.242. The topological polar surface area (TPSA) is 26.0 Å². The summed E-state index contributed by atoms with van der Waals surface area (Å²) in [5, 5.41) is 0. The molecule has 90 valence electrons. The molecule has 17 heavy (non-hydrogen) atoms. The molecule has 0 spiro atoms. The Kier molecular flexibility index (Phi) is 3.26. The van der Waals surface area contributed by atoms with Crippen LogP contribution in [0.25, 0.3) is 0 Å². The molecule has 3 rings (SSSR count). The highest BCUT2D eigenvalue weighted by Crippen LogP contribution is 2.42. The second kappa shape index (κ2) is 4.87. The van der Waals surface area contributed by atoms with Crippen LogP contribution in [0.15, 0.2) is 40.8 Å². The van der Waals surface area contributed by atoms with Crippen LogP contribution in [-0.4, -0.2) is 11.8 Å². The summed E-state index contributed by atoms with van der Waals surface area (Å²) in [5.41, 5.74) is 9.45. The van der Waals surface area contributed by atoms with Crippen LogP contribution in [0, 0.1) is 0 Å². The van der Waals surface area contributed by atoms with Gasteiger partial charge in [-0.05, 0) is 37.3 Å². The first-order valence-corrected chi connectivity index (χ1v) is 7.51. The first-order valence-electron chi connectivity index (χ1n) is 6.52. The molecular weight excluding hydrogens is 226 g/mol. The van der Waals surface area contributed by atoms with Crippen molar-refractivity contribution in [2.24, 2.45) is 5.73 Å². The van der Waals surface area contributed by atoms with Crippen LogP contribution in [0.1, 0.15) is 37.2 Å². The average Bonchev–Trinajstić information content (AvgIpc) is 2.83. The second-order valence-electron chi connectivity index (χ2n) is 5.01. The van der Waals surface area contributed by atoms with Crippen molar-refractivity contribution in [3.05, 3.63) is 41.5 Å². The van der Waals surface area contributed by atoms with Gasteiger partial charge in [0.25, 0.3) is 0 Å². The van der Waals surface area contributed by atoms with E-state index >= 15 is 0 Å². The second-order valence-corrected chi connectivity index (χ2v) is 6.07. The van der Waals surface area contributed by atoms with Gasteiger partial charge < -0.3 is 5.73 Å². The van der Waals surface area contributed by atoms with Gasteiger partial charge in [0.05, 0.1) is 0 Å². The van der Waals surface area contributed by atoms with Crippen molar-refractivity contribution in [1.29, 1.82) is 0 Å². The summed E-state index contributed by atoms with van der Waals surface area (Å²) in [6, 6.07) is 8.98. The summed E-state index contributed by atoms with van der Waals surface area (Å²) in [6.07, 6.45) is 7.49. The molecule has 0 saturated carbocycles. The van der Waals surface area contributed by atoms with Gasteiger partial charge in [0.1, 0.15) is 0 Å². The summed E-state index contributed by atoms with van der Waals surface area (Å²) in [6.45, 7) is 0. The molecule has 0 radical (unpaired) electrons. The zero-order chi connectivity index (χ0) is 11.7. The van der Waals surface area contributed by atoms with Crippen LogP contribution in [-0.2, 0) is 0 Å². The number of rotatable bonds is 2. The Bertz CT molecular complexity index is 438. The van der Waals surface area contributed by atoms with Gasteiger partial charge in [-0.15, -0.1) is 11.8 Å². The van der Waals surface area contributed by atoms with Crippen molar-refractivity contribution in [2.45, 2.75) is 42.5 Å². The number of benzene rings is 1. The third-order valence-corrected chi connectivity index (χ3v) is 5.13. The van der Waals surface area contributed by atoms with Crippen molar-refractivity contribution in [2.75, 3.05) is 5.75 Å². The van der Waals surface area contributed by atoms with E-state index in [1.807, 2.05) is 11.8 Å². The molecule has 2 atom stereocenters. The van der Waals surface area contributed by atoms with Crippen LogP contribution >= 0.6 is 11.8 Å². The van der Waals surface area contributed by atoms with E-state index in [0.29, 0.717) is 5.92 Å². The lowest BCUT2D eigenvalue weighted by Gasteiger charge is -2.25.